The molecule has 0 amide bonds. The van der Waals surface area contributed by atoms with E-state index in [1.165, 1.54) is 0 Å². The topological polar surface area (TPSA) is 35.5 Å². The Morgan fingerprint density at radius 3 is 2.58 bits per heavy atom. The molecule has 3 heteroatoms. The molecule has 19 heavy (non-hydrogen) atoms. The number of aryl methyl sites for hydroxylation is 1. The third-order valence-corrected chi connectivity index (χ3v) is 3.74. The number of rotatable bonds is 1. The summed E-state index contributed by atoms with van der Waals surface area (Å²) in [4.78, 5) is 11.8. The Bertz CT molecular complexity index is 688. The molecular formula is C16H12O3. The number of carbonyl (C=O) groups excluding carboxylic acids is 1. The molecule has 94 valence electrons. The monoisotopic (exact) mass is 252 g/mol. The summed E-state index contributed by atoms with van der Waals surface area (Å²) >= 11 is 0. The number of carbonyl (C=O) groups is 1. The molecule has 0 N–H and O–H groups in total. The van der Waals surface area contributed by atoms with Crippen molar-refractivity contribution in [1.29, 1.82) is 0 Å². The fourth-order valence-electron chi connectivity index (χ4n) is 2.69. The van der Waals surface area contributed by atoms with Crippen LogP contribution in [0.4, 0.5) is 0 Å². The Balaban J connectivity index is 1.81. The van der Waals surface area contributed by atoms with Gasteiger partial charge in [0.25, 0.3) is 0 Å². The van der Waals surface area contributed by atoms with Gasteiger partial charge in [-0.2, -0.15) is 0 Å². The maximum Gasteiger partial charge on any atom is 0.231 e. The van der Waals surface area contributed by atoms with E-state index in [1.54, 1.807) is 0 Å². The number of ketones is 1. The van der Waals surface area contributed by atoms with Crippen molar-refractivity contribution >= 4 is 5.78 Å². The van der Waals surface area contributed by atoms with Crippen molar-refractivity contribution in [1.82, 2.24) is 0 Å². The van der Waals surface area contributed by atoms with E-state index >= 15 is 0 Å². The van der Waals surface area contributed by atoms with Crippen LogP contribution in [-0.2, 0) is 6.42 Å². The molecule has 1 aliphatic carbocycles. The van der Waals surface area contributed by atoms with Crippen LogP contribution in [0.15, 0.2) is 36.4 Å². The molecule has 2 aromatic rings. The average molecular weight is 252 g/mol. The first-order chi connectivity index (χ1) is 9.31. The van der Waals surface area contributed by atoms with Gasteiger partial charge in [0, 0.05) is 12.0 Å². The van der Waals surface area contributed by atoms with Crippen molar-refractivity contribution in [3.63, 3.8) is 0 Å². The fourth-order valence-corrected chi connectivity index (χ4v) is 2.69. The highest BCUT2D eigenvalue weighted by Gasteiger charge is 2.20. The lowest BCUT2D eigenvalue weighted by molar-refractivity contribution is 0.0994. The molecule has 1 heterocycles. The molecule has 0 atom stereocenters. The zero-order valence-corrected chi connectivity index (χ0v) is 10.3. The molecule has 1 aliphatic heterocycles. The summed E-state index contributed by atoms with van der Waals surface area (Å²) in [5.74, 6) is 1.79. The van der Waals surface area contributed by atoms with Gasteiger partial charge < -0.3 is 9.47 Å². The smallest absolute Gasteiger partial charge is 0.231 e. The summed E-state index contributed by atoms with van der Waals surface area (Å²) < 4.78 is 10.7. The summed E-state index contributed by atoms with van der Waals surface area (Å²) in [6.45, 7) is 0.279. The average Bonchev–Trinajstić information content (AvgIpc) is 3.05. The van der Waals surface area contributed by atoms with Crippen molar-refractivity contribution < 1.29 is 14.3 Å². The lowest BCUT2D eigenvalue weighted by Crippen LogP contribution is -1.93. The molecular weight excluding hydrogens is 240 g/mol. The van der Waals surface area contributed by atoms with Gasteiger partial charge in [-0.15, -0.1) is 0 Å². The first kappa shape index (κ1) is 10.6. The van der Waals surface area contributed by atoms with Gasteiger partial charge in [-0.3, -0.25) is 4.79 Å². The minimum Gasteiger partial charge on any atom is -0.454 e. The van der Waals surface area contributed by atoms with Crippen LogP contribution in [0.3, 0.4) is 0 Å². The van der Waals surface area contributed by atoms with Gasteiger partial charge in [0.1, 0.15) is 0 Å². The van der Waals surface area contributed by atoms with Gasteiger partial charge in [0.2, 0.25) is 6.79 Å². The lowest BCUT2D eigenvalue weighted by atomic mass is 10.00. The molecule has 0 radical (unpaired) electrons. The molecule has 4 rings (SSSR count). The fraction of sp³-hybridized carbons (Fsp3) is 0.188. The molecule has 0 fully saturated rings. The Labute approximate surface area is 110 Å². The standard InChI is InChI=1S/C16H12O3/c17-14-5-3-10-1-2-11(7-13(10)14)12-4-6-15-16(8-12)19-9-18-15/h1-2,4,6-8H,3,5,9H2. The van der Waals surface area contributed by atoms with E-state index < -0.39 is 0 Å². The van der Waals surface area contributed by atoms with E-state index in [2.05, 4.69) is 12.1 Å². The molecule has 3 nitrogen and oxygen atoms in total. The normalized spacial score (nSPS) is 15.7. The third kappa shape index (κ3) is 1.62. The molecule has 0 spiro atoms. The minimum absolute atomic E-state index is 0.248. The summed E-state index contributed by atoms with van der Waals surface area (Å²) in [6, 6.07) is 12.0. The van der Waals surface area contributed by atoms with Crippen LogP contribution in [0.25, 0.3) is 11.1 Å². The van der Waals surface area contributed by atoms with Crippen LogP contribution < -0.4 is 9.47 Å². The van der Waals surface area contributed by atoms with E-state index in [1.807, 2.05) is 24.3 Å². The van der Waals surface area contributed by atoms with E-state index in [0.717, 1.165) is 40.2 Å². The largest absolute Gasteiger partial charge is 0.454 e. The van der Waals surface area contributed by atoms with Gasteiger partial charge in [-0.1, -0.05) is 18.2 Å². The molecule has 0 unspecified atom stereocenters. The first-order valence-corrected chi connectivity index (χ1v) is 6.37. The van der Waals surface area contributed by atoms with E-state index in [-0.39, 0.29) is 12.6 Å². The molecule has 0 saturated carbocycles. The van der Waals surface area contributed by atoms with Crippen LogP contribution in [0.5, 0.6) is 11.5 Å². The van der Waals surface area contributed by atoms with E-state index in [0.29, 0.717) is 6.42 Å². The van der Waals surface area contributed by atoms with Crippen molar-refractivity contribution in [3.8, 4) is 22.6 Å². The van der Waals surface area contributed by atoms with Crippen molar-refractivity contribution in [2.75, 3.05) is 6.79 Å². The van der Waals surface area contributed by atoms with Crippen LogP contribution in [-0.4, -0.2) is 12.6 Å². The van der Waals surface area contributed by atoms with Gasteiger partial charge in [-0.05, 0) is 41.3 Å². The molecule has 0 saturated heterocycles. The molecule has 0 bridgehead atoms. The maximum atomic E-state index is 11.8. The van der Waals surface area contributed by atoms with E-state index in [4.69, 9.17) is 9.47 Å². The summed E-state index contributed by atoms with van der Waals surface area (Å²) in [5, 5.41) is 0. The first-order valence-electron chi connectivity index (χ1n) is 6.37. The Morgan fingerprint density at radius 2 is 1.63 bits per heavy atom. The molecule has 2 aromatic carbocycles. The predicted molar refractivity (Wildman–Crippen MR) is 70.7 cm³/mol. The Kier molecular flexibility index (Phi) is 2.15. The van der Waals surface area contributed by atoms with Crippen molar-refractivity contribution in [2.24, 2.45) is 0 Å². The number of benzene rings is 2. The zero-order valence-electron chi connectivity index (χ0n) is 10.3. The number of fused-ring (bicyclic) bond motifs is 2. The summed E-state index contributed by atoms with van der Waals surface area (Å²) in [5.41, 5.74) is 4.13. The second-order valence-electron chi connectivity index (χ2n) is 4.86. The Morgan fingerprint density at radius 1 is 0.842 bits per heavy atom. The van der Waals surface area contributed by atoms with Crippen molar-refractivity contribution in [3.05, 3.63) is 47.5 Å². The van der Waals surface area contributed by atoms with Crippen LogP contribution >= 0.6 is 0 Å². The van der Waals surface area contributed by atoms with Gasteiger partial charge in [0.15, 0.2) is 17.3 Å². The highest BCUT2D eigenvalue weighted by molar-refractivity contribution is 6.01. The van der Waals surface area contributed by atoms with Gasteiger partial charge in [0.05, 0.1) is 0 Å². The number of Topliss-reactive ketones (excluding diaryl/α,β-unsaturated/α-hetero) is 1. The number of hydrogen-bond acceptors (Lipinski definition) is 3. The van der Waals surface area contributed by atoms with Crippen LogP contribution in [0, 0.1) is 0 Å². The van der Waals surface area contributed by atoms with Crippen LogP contribution in [0.2, 0.25) is 0 Å². The quantitative estimate of drug-likeness (QED) is 0.781. The minimum atomic E-state index is 0.248. The van der Waals surface area contributed by atoms with Crippen molar-refractivity contribution in [2.45, 2.75) is 12.8 Å². The second kappa shape index (κ2) is 3.85. The van der Waals surface area contributed by atoms with E-state index in [9.17, 15) is 4.79 Å². The lowest BCUT2D eigenvalue weighted by Gasteiger charge is -2.05. The van der Waals surface area contributed by atoms with Gasteiger partial charge >= 0.3 is 0 Å². The Hall–Kier alpha value is -2.29. The summed E-state index contributed by atoms with van der Waals surface area (Å²) in [6.07, 6.45) is 1.51. The maximum absolute atomic E-state index is 11.8. The van der Waals surface area contributed by atoms with Gasteiger partial charge in [-0.25, -0.2) is 0 Å². The predicted octanol–water partition coefficient (Wildman–Crippen LogP) is 3.21. The number of hydrogen-bond donors (Lipinski definition) is 0. The van der Waals surface area contributed by atoms with Crippen LogP contribution in [0.1, 0.15) is 22.3 Å². The SMILES string of the molecule is O=C1CCc2ccc(-c3ccc4c(c3)OCO4)cc21. The highest BCUT2D eigenvalue weighted by atomic mass is 16.7. The second-order valence-corrected chi connectivity index (χ2v) is 4.86. The molecule has 0 aromatic heterocycles. The third-order valence-electron chi connectivity index (χ3n) is 3.74. The number of ether oxygens (including phenoxy) is 2. The zero-order chi connectivity index (χ0) is 12.8. The molecule has 2 aliphatic rings. The summed E-state index contributed by atoms with van der Waals surface area (Å²) in [7, 11) is 0. The highest BCUT2D eigenvalue weighted by Crippen LogP contribution is 2.36.